The molecule has 2 aromatic carbocycles. The number of nitrogens with one attached hydrogen (secondary N) is 1. The van der Waals surface area contributed by atoms with E-state index in [0.717, 1.165) is 36.5 Å². The molecule has 0 saturated carbocycles. The SMILES string of the molecule is NC(=O)c1ccc(C2=CCNCC2)nc1-c1ccc(Oc2ccccc2)cc1. The van der Waals surface area contributed by atoms with E-state index in [1.54, 1.807) is 6.07 Å². The molecular formula is C23H21N3O2. The van der Waals surface area contributed by atoms with Crippen molar-refractivity contribution in [1.29, 1.82) is 0 Å². The summed E-state index contributed by atoms with van der Waals surface area (Å²) in [5, 5.41) is 3.29. The highest BCUT2D eigenvalue weighted by atomic mass is 16.5. The zero-order valence-electron chi connectivity index (χ0n) is 15.4. The summed E-state index contributed by atoms with van der Waals surface area (Å²) in [6, 6.07) is 20.7. The average molecular weight is 371 g/mol. The van der Waals surface area contributed by atoms with Crippen molar-refractivity contribution in [1.82, 2.24) is 10.3 Å². The summed E-state index contributed by atoms with van der Waals surface area (Å²) in [4.78, 5) is 16.7. The first kappa shape index (κ1) is 17.9. The summed E-state index contributed by atoms with van der Waals surface area (Å²) in [6.07, 6.45) is 3.04. The second kappa shape index (κ2) is 8.06. The third kappa shape index (κ3) is 3.94. The van der Waals surface area contributed by atoms with Crippen molar-refractivity contribution < 1.29 is 9.53 Å². The van der Waals surface area contributed by atoms with Crippen LogP contribution in [0.25, 0.3) is 16.8 Å². The van der Waals surface area contributed by atoms with Crippen molar-refractivity contribution in [2.45, 2.75) is 6.42 Å². The highest BCUT2D eigenvalue weighted by Crippen LogP contribution is 2.29. The van der Waals surface area contributed by atoms with E-state index in [1.807, 2.05) is 60.7 Å². The van der Waals surface area contributed by atoms with Crippen LogP contribution in [0.3, 0.4) is 0 Å². The molecule has 0 atom stereocenters. The predicted octanol–water partition coefficient (Wildman–Crippen LogP) is 4.02. The van der Waals surface area contributed by atoms with Crippen molar-refractivity contribution in [2.75, 3.05) is 13.1 Å². The largest absolute Gasteiger partial charge is 0.457 e. The molecule has 0 saturated heterocycles. The number of nitrogens with two attached hydrogens (primary N) is 1. The number of nitrogens with zero attached hydrogens (tertiary/aromatic N) is 1. The summed E-state index contributed by atoms with van der Waals surface area (Å²) in [7, 11) is 0. The van der Waals surface area contributed by atoms with Gasteiger partial charge in [-0.05, 0) is 67.1 Å². The van der Waals surface area contributed by atoms with Gasteiger partial charge in [-0.1, -0.05) is 24.3 Å². The van der Waals surface area contributed by atoms with Crippen molar-refractivity contribution >= 4 is 11.5 Å². The number of pyridine rings is 1. The van der Waals surface area contributed by atoms with E-state index < -0.39 is 5.91 Å². The minimum Gasteiger partial charge on any atom is -0.457 e. The second-order valence-corrected chi connectivity index (χ2v) is 6.58. The maximum Gasteiger partial charge on any atom is 0.250 e. The Morgan fingerprint density at radius 2 is 1.71 bits per heavy atom. The molecule has 5 nitrogen and oxygen atoms in total. The zero-order valence-corrected chi connectivity index (χ0v) is 15.4. The Morgan fingerprint density at radius 1 is 0.964 bits per heavy atom. The molecule has 1 aromatic heterocycles. The summed E-state index contributed by atoms with van der Waals surface area (Å²) in [5.74, 6) is 0.997. The number of hydrogen-bond acceptors (Lipinski definition) is 4. The Kier molecular flexibility index (Phi) is 5.17. The molecule has 4 rings (SSSR count). The van der Waals surface area contributed by atoms with Gasteiger partial charge in [0.2, 0.25) is 0 Å². The smallest absolute Gasteiger partial charge is 0.250 e. The first-order chi connectivity index (χ1) is 13.7. The minimum atomic E-state index is -0.488. The third-order valence-electron chi connectivity index (χ3n) is 4.66. The van der Waals surface area contributed by atoms with Crippen LogP contribution in [0.5, 0.6) is 11.5 Å². The lowest BCUT2D eigenvalue weighted by Gasteiger charge is -2.15. The highest BCUT2D eigenvalue weighted by Gasteiger charge is 2.15. The van der Waals surface area contributed by atoms with Gasteiger partial charge in [0.05, 0.1) is 17.0 Å². The van der Waals surface area contributed by atoms with Gasteiger partial charge < -0.3 is 15.8 Å². The van der Waals surface area contributed by atoms with Crippen LogP contribution in [0.4, 0.5) is 0 Å². The van der Waals surface area contributed by atoms with Crippen molar-refractivity contribution in [3.63, 3.8) is 0 Å². The van der Waals surface area contributed by atoms with E-state index in [4.69, 9.17) is 15.5 Å². The number of hydrogen-bond donors (Lipinski definition) is 2. The van der Waals surface area contributed by atoms with Crippen LogP contribution in [-0.4, -0.2) is 24.0 Å². The van der Waals surface area contributed by atoms with Crippen LogP contribution in [0.15, 0.2) is 72.8 Å². The van der Waals surface area contributed by atoms with Crippen molar-refractivity contribution in [2.24, 2.45) is 5.73 Å². The molecule has 140 valence electrons. The Morgan fingerprint density at radius 3 is 2.39 bits per heavy atom. The average Bonchev–Trinajstić information content (AvgIpc) is 2.75. The number of carbonyl (C=O) groups is 1. The van der Waals surface area contributed by atoms with Crippen LogP contribution in [0, 0.1) is 0 Å². The molecule has 1 aliphatic rings. The molecule has 0 fully saturated rings. The van der Waals surface area contributed by atoms with Crippen LogP contribution >= 0.6 is 0 Å². The standard InChI is InChI=1S/C23H21N3O2/c24-23(27)20-10-11-21(16-12-14-25-15-13-16)26-22(20)17-6-8-19(9-7-17)28-18-4-2-1-3-5-18/h1-12,25H,13-15H2,(H2,24,27). The summed E-state index contributed by atoms with van der Waals surface area (Å²) in [6.45, 7) is 1.75. The van der Waals surface area contributed by atoms with E-state index in [0.29, 0.717) is 17.0 Å². The van der Waals surface area contributed by atoms with Gasteiger partial charge >= 0.3 is 0 Å². The Balaban J connectivity index is 1.66. The fourth-order valence-electron chi connectivity index (χ4n) is 3.22. The van der Waals surface area contributed by atoms with Crippen LogP contribution < -0.4 is 15.8 Å². The molecule has 3 aromatic rings. The van der Waals surface area contributed by atoms with Gasteiger partial charge in [-0.3, -0.25) is 4.79 Å². The third-order valence-corrected chi connectivity index (χ3v) is 4.66. The Hall–Kier alpha value is -3.44. The Bertz CT molecular complexity index is 1010. The van der Waals surface area contributed by atoms with E-state index in [1.165, 1.54) is 5.57 Å². The van der Waals surface area contributed by atoms with Crippen LogP contribution in [-0.2, 0) is 0 Å². The van der Waals surface area contributed by atoms with E-state index >= 15 is 0 Å². The summed E-state index contributed by atoms with van der Waals surface area (Å²) >= 11 is 0. The molecule has 0 bridgehead atoms. The molecule has 0 aliphatic carbocycles. The van der Waals surface area contributed by atoms with Gasteiger partial charge in [0, 0.05) is 12.1 Å². The lowest BCUT2D eigenvalue weighted by atomic mass is 10.0. The summed E-state index contributed by atoms with van der Waals surface area (Å²) < 4.78 is 5.84. The number of carbonyl (C=O) groups excluding carboxylic acids is 1. The molecule has 2 heterocycles. The molecular weight excluding hydrogens is 350 g/mol. The quantitative estimate of drug-likeness (QED) is 0.710. The summed E-state index contributed by atoms with van der Waals surface area (Å²) in [5.41, 5.74) is 9.48. The van der Waals surface area contributed by atoms with Gasteiger partial charge in [0.15, 0.2) is 0 Å². The number of benzene rings is 2. The second-order valence-electron chi connectivity index (χ2n) is 6.58. The molecule has 1 aliphatic heterocycles. The molecule has 3 N–H and O–H groups in total. The number of primary amides is 1. The zero-order chi connectivity index (χ0) is 19.3. The molecule has 28 heavy (non-hydrogen) atoms. The topological polar surface area (TPSA) is 77.2 Å². The van der Waals surface area contributed by atoms with E-state index in [9.17, 15) is 4.79 Å². The number of aromatic nitrogens is 1. The van der Waals surface area contributed by atoms with Gasteiger partial charge in [-0.2, -0.15) is 0 Å². The van der Waals surface area contributed by atoms with Crippen LogP contribution in [0.1, 0.15) is 22.5 Å². The van der Waals surface area contributed by atoms with Gasteiger partial charge in [-0.25, -0.2) is 4.98 Å². The number of rotatable bonds is 5. The predicted molar refractivity (Wildman–Crippen MR) is 110 cm³/mol. The van der Waals surface area contributed by atoms with Gasteiger partial charge in [-0.15, -0.1) is 0 Å². The van der Waals surface area contributed by atoms with Crippen LogP contribution in [0.2, 0.25) is 0 Å². The van der Waals surface area contributed by atoms with E-state index in [2.05, 4.69) is 11.4 Å². The monoisotopic (exact) mass is 371 g/mol. The highest BCUT2D eigenvalue weighted by molar-refractivity contribution is 5.99. The Labute approximate surface area is 163 Å². The first-order valence-corrected chi connectivity index (χ1v) is 9.25. The van der Waals surface area contributed by atoms with Gasteiger partial charge in [0.1, 0.15) is 11.5 Å². The lowest BCUT2D eigenvalue weighted by Crippen LogP contribution is -2.20. The molecule has 1 amide bonds. The normalized spacial score (nSPS) is 13.6. The number of para-hydroxylation sites is 1. The van der Waals surface area contributed by atoms with E-state index in [-0.39, 0.29) is 0 Å². The van der Waals surface area contributed by atoms with Gasteiger partial charge in [0.25, 0.3) is 5.91 Å². The number of ether oxygens (including phenoxy) is 1. The minimum absolute atomic E-state index is 0.412. The van der Waals surface area contributed by atoms with Crippen molar-refractivity contribution in [3.05, 3.63) is 84.1 Å². The fraction of sp³-hybridized carbons (Fsp3) is 0.130. The fourth-order valence-corrected chi connectivity index (χ4v) is 3.22. The molecule has 0 spiro atoms. The molecule has 0 unspecified atom stereocenters. The maximum absolute atomic E-state index is 11.9. The maximum atomic E-state index is 11.9. The molecule has 0 radical (unpaired) electrons. The van der Waals surface area contributed by atoms with Crippen molar-refractivity contribution in [3.8, 4) is 22.8 Å². The lowest BCUT2D eigenvalue weighted by molar-refractivity contribution is 0.100. The molecule has 5 heteroatoms. The first-order valence-electron chi connectivity index (χ1n) is 9.25. The number of amides is 1.